The van der Waals surface area contributed by atoms with Crippen LogP contribution < -0.4 is 5.32 Å². The average Bonchev–Trinajstić information content (AvgIpc) is 3.22. The summed E-state index contributed by atoms with van der Waals surface area (Å²) >= 11 is 0. The van der Waals surface area contributed by atoms with Gasteiger partial charge in [0.05, 0.1) is 29.8 Å². The second-order valence-electron chi connectivity index (χ2n) is 6.28. The minimum atomic E-state index is -0.267. The van der Waals surface area contributed by atoms with Crippen LogP contribution in [0.15, 0.2) is 42.7 Å². The van der Waals surface area contributed by atoms with E-state index in [1.165, 1.54) is 18.2 Å². The Labute approximate surface area is 157 Å². The highest BCUT2D eigenvalue weighted by Crippen LogP contribution is 2.20. The number of hydrogen-bond donors (Lipinski definition) is 1. The molecule has 1 aromatic carbocycles. The smallest absolute Gasteiger partial charge is 0.248 e. The van der Waals surface area contributed by atoms with Crippen LogP contribution in [0.25, 0.3) is 6.08 Å². The van der Waals surface area contributed by atoms with Gasteiger partial charge in [-0.25, -0.2) is 4.39 Å². The molecule has 6 nitrogen and oxygen atoms in total. The molecule has 0 spiro atoms. The number of halogens is 1. The number of carbonyl (C=O) groups is 1. The van der Waals surface area contributed by atoms with Gasteiger partial charge in [-0.05, 0) is 44.5 Å². The van der Waals surface area contributed by atoms with Crippen LogP contribution >= 0.6 is 0 Å². The van der Waals surface area contributed by atoms with Gasteiger partial charge in [0, 0.05) is 24.4 Å². The van der Waals surface area contributed by atoms with Crippen LogP contribution in [0.2, 0.25) is 0 Å². The monoisotopic (exact) mass is 367 g/mol. The molecule has 0 aliphatic carbocycles. The van der Waals surface area contributed by atoms with Crippen molar-refractivity contribution in [3.8, 4) is 0 Å². The van der Waals surface area contributed by atoms with E-state index in [4.69, 9.17) is 0 Å². The zero-order chi connectivity index (χ0) is 19.4. The summed E-state index contributed by atoms with van der Waals surface area (Å²) in [6, 6.07) is 6.30. The van der Waals surface area contributed by atoms with Crippen LogP contribution in [-0.4, -0.2) is 25.5 Å². The van der Waals surface area contributed by atoms with Crippen molar-refractivity contribution in [1.29, 1.82) is 0 Å². The summed E-state index contributed by atoms with van der Waals surface area (Å²) in [5.41, 5.74) is 4.07. The SMILES string of the molecule is CCn1cc(/C=C/C(=O)Nc2c(C)nn(Cc3ccc(F)cc3)c2C)cn1. The maximum absolute atomic E-state index is 13.1. The van der Waals surface area contributed by atoms with Gasteiger partial charge in [-0.1, -0.05) is 12.1 Å². The Kier molecular flexibility index (Phi) is 5.49. The van der Waals surface area contributed by atoms with E-state index >= 15 is 0 Å². The molecule has 0 aliphatic heterocycles. The molecule has 0 aliphatic rings. The van der Waals surface area contributed by atoms with Crippen molar-refractivity contribution in [2.24, 2.45) is 0 Å². The number of aryl methyl sites for hydroxylation is 2. The van der Waals surface area contributed by atoms with Gasteiger partial charge in [-0.15, -0.1) is 0 Å². The number of benzene rings is 1. The molecule has 0 radical (unpaired) electrons. The maximum atomic E-state index is 13.1. The molecule has 0 saturated carbocycles. The maximum Gasteiger partial charge on any atom is 0.248 e. The van der Waals surface area contributed by atoms with Gasteiger partial charge >= 0.3 is 0 Å². The van der Waals surface area contributed by atoms with Gasteiger partial charge in [-0.2, -0.15) is 10.2 Å². The lowest BCUT2D eigenvalue weighted by atomic mass is 10.2. The summed E-state index contributed by atoms with van der Waals surface area (Å²) in [7, 11) is 0. The van der Waals surface area contributed by atoms with Crippen molar-refractivity contribution in [3.05, 3.63) is 71.1 Å². The minimum Gasteiger partial charge on any atom is -0.319 e. The van der Waals surface area contributed by atoms with Gasteiger partial charge < -0.3 is 5.32 Å². The first kappa shape index (κ1) is 18.6. The number of aromatic nitrogens is 4. The third-order valence-corrected chi connectivity index (χ3v) is 4.28. The predicted molar refractivity (Wildman–Crippen MR) is 103 cm³/mol. The molecule has 0 saturated heterocycles. The third-order valence-electron chi connectivity index (χ3n) is 4.28. The van der Waals surface area contributed by atoms with E-state index in [-0.39, 0.29) is 11.7 Å². The van der Waals surface area contributed by atoms with Crippen molar-refractivity contribution in [2.45, 2.75) is 33.9 Å². The normalized spacial score (nSPS) is 11.3. The van der Waals surface area contributed by atoms with E-state index in [9.17, 15) is 9.18 Å². The molecular formula is C20H22FN5O. The van der Waals surface area contributed by atoms with E-state index < -0.39 is 0 Å². The second-order valence-corrected chi connectivity index (χ2v) is 6.28. The molecule has 2 aromatic heterocycles. The van der Waals surface area contributed by atoms with Crippen molar-refractivity contribution in [3.63, 3.8) is 0 Å². The highest BCUT2D eigenvalue weighted by Gasteiger charge is 2.13. The van der Waals surface area contributed by atoms with Gasteiger partial charge in [0.1, 0.15) is 5.82 Å². The Bertz CT molecular complexity index is 969. The fourth-order valence-corrected chi connectivity index (χ4v) is 2.77. The Morgan fingerprint density at radius 1 is 1.26 bits per heavy atom. The molecule has 140 valence electrons. The van der Waals surface area contributed by atoms with Gasteiger partial charge in [0.15, 0.2) is 0 Å². The molecule has 27 heavy (non-hydrogen) atoms. The fourth-order valence-electron chi connectivity index (χ4n) is 2.77. The Morgan fingerprint density at radius 2 is 2.00 bits per heavy atom. The molecule has 0 unspecified atom stereocenters. The Hall–Kier alpha value is -3.22. The van der Waals surface area contributed by atoms with E-state index in [0.717, 1.165) is 29.1 Å². The summed E-state index contributed by atoms with van der Waals surface area (Å²) < 4.78 is 16.6. The highest BCUT2D eigenvalue weighted by atomic mass is 19.1. The lowest BCUT2D eigenvalue weighted by Crippen LogP contribution is -2.10. The van der Waals surface area contributed by atoms with Crippen LogP contribution in [0.4, 0.5) is 10.1 Å². The molecule has 0 bridgehead atoms. The summed E-state index contributed by atoms with van der Waals surface area (Å²) in [4.78, 5) is 12.3. The molecule has 7 heteroatoms. The fraction of sp³-hybridized carbons (Fsp3) is 0.250. The van der Waals surface area contributed by atoms with Crippen molar-refractivity contribution in [2.75, 3.05) is 5.32 Å². The summed E-state index contributed by atoms with van der Waals surface area (Å²) in [6.45, 7) is 7.04. The molecule has 0 fully saturated rings. The minimum absolute atomic E-state index is 0.230. The first-order valence-corrected chi connectivity index (χ1v) is 8.76. The standard InChI is InChI=1S/C20H22FN5O/c1-4-25-12-17(11-22-25)7-10-19(27)23-20-14(2)24-26(15(20)3)13-16-5-8-18(21)9-6-16/h5-12H,4,13H2,1-3H3,(H,23,27)/b10-7+. The summed E-state index contributed by atoms with van der Waals surface area (Å²) in [5.74, 6) is -0.497. The van der Waals surface area contributed by atoms with E-state index in [1.807, 2.05) is 27.0 Å². The third kappa shape index (κ3) is 4.49. The van der Waals surface area contributed by atoms with E-state index in [0.29, 0.717) is 12.2 Å². The van der Waals surface area contributed by atoms with Crippen molar-refractivity contribution >= 4 is 17.7 Å². The largest absolute Gasteiger partial charge is 0.319 e. The Morgan fingerprint density at radius 3 is 2.67 bits per heavy atom. The van der Waals surface area contributed by atoms with Crippen LogP contribution in [0.5, 0.6) is 0 Å². The molecule has 3 rings (SSSR count). The van der Waals surface area contributed by atoms with Crippen molar-refractivity contribution in [1.82, 2.24) is 19.6 Å². The highest BCUT2D eigenvalue weighted by molar-refractivity contribution is 6.02. The molecule has 0 atom stereocenters. The zero-order valence-corrected chi connectivity index (χ0v) is 15.6. The molecule has 1 N–H and O–H groups in total. The van der Waals surface area contributed by atoms with Crippen LogP contribution in [-0.2, 0) is 17.9 Å². The number of rotatable bonds is 6. The Balaban J connectivity index is 1.70. The van der Waals surface area contributed by atoms with Crippen LogP contribution in [0.3, 0.4) is 0 Å². The molecule has 3 aromatic rings. The van der Waals surface area contributed by atoms with Crippen LogP contribution in [0, 0.1) is 19.7 Å². The lowest BCUT2D eigenvalue weighted by Gasteiger charge is -2.06. The molecule has 2 heterocycles. The summed E-state index contributed by atoms with van der Waals surface area (Å²) in [6.07, 6.45) is 6.79. The zero-order valence-electron chi connectivity index (χ0n) is 15.6. The predicted octanol–water partition coefficient (Wildman–Crippen LogP) is 3.56. The van der Waals surface area contributed by atoms with Gasteiger partial charge in [0.25, 0.3) is 0 Å². The average molecular weight is 367 g/mol. The molecular weight excluding hydrogens is 345 g/mol. The lowest BCUT2D eigenvalue weighted by molar-refractivity contribution is -0.111. The topological polar surface area (TPSA) is 64.7 Å². The first-order chi connectivity index (χ1) is 13.0. The number of carbonyl (C=O) groups excluding carboxylic acids is 1. The quantitative estimate of drug-likeness (QED) is 0.678. The van der Waals surface area contributed by atoms with Gasteiger partial charge in [-0.3, -0.25) is 14.2 Å². The van der Waals surface area contributed by atoms with E-state index in [1.54, 1.807) is 33.8 Å². The van der Waals surface area contributed by atoms with Crippen molar-refractivity contribution < 1.29 is 9.18 Å². The van der Waals surface area contributed by atoms with Crippen LogP contribution in [0.1, 0.15) is 29.4 Å². The molecule has 1 amide bonds. The van der Waals surface area contributed by atoms with Gasteiger partial charge in [0.2, 0.25) is 5.91 Å². The number of hydrogen-bond acceptors (Lipinski definition) is 3. The van der Waals surface area contributed by atoms with E-state index in [2.05, 4.69) is 15.5 Å². The number of nitrogens with one attached hydrogen (secondary N) is 1. The number of nitrogens with zero attached hydrogens (tertiary/aromatic N) is 4. The number of anilines is 1. The summed E-state index contributed by atoms with van der Waals surface area (Å²) in [5, 5.41) is 11.5. The first-order valence-electron chi connectivity index (χ1n) is 8.76. The number of amides is 1. The second kappa shape index (κ2) is 7.99.